The smallest absolute Gasteiger partial charge is 0.253 e. The van der Waals surface area contributed by atoms with Crippen molar-refractivity contribution in [3.63, 3.8) is 0 Å². The topological polar surface area (TPSA) is 77.5 Å². The molecule has 0 bridgehead atoms. The van der Waals surface area contributed by atoms with Crippen LogP contribution in [0.4, 0.5) is 5.69 Å². The molecule has 0 unspecified atom stereocenters. The molecule has 0 spiro atoms. The number of nitrogens with zero attached hydrogens (tertiary/aromatic N) is 2. The average molecular weight is 383 g/mol. The fourth-order valence-corrected chi connectivity index (χ4v) is 3.67. The van der Waals surface area contributed by atoms with E-state index in [1.807, 2.05) is 42.6 Å². The minimum absolute atomic E-state index is 0.0521. The second-order valence-electron chi connectivity index (χ2n) is 7.24. The van der Waals surface area contributed by atoms with Crippen molar-refractivity contribution in [3.05, 3.63) is 59.9 Å². The maximum absolute atomic E-state index is 12.6. The molecular weight excluding hydrogens is 352 g/mol. The molecule has 1 aliphatic rings. The highest BCUT2D eigenvalue weighted by molar-refractivity contribution is 5.99. The zero-order valence-corrected chi connectivity index (χ0v) is 16.3. The predicted octanol–water partition coefficient (Wildman–Crippen LogP) is 2.66. The minimum Gasteiger partial charge on any atom is -0.395 e. The van der Waals surface area contributed by atoms with E-state index in [9.17, 15) is 9.90 Å². The molecule has 2 aromatic rings. The Morgan fingerprint density at radius 1 is 1.21 bits per heavy atom. The Bertz CT molecular complexity index is 738. The summed E-state index contributed by atoms with van der Waals surface area (Å²) in [4.78, 5) is 19.1. The molecule has 0 radical (unpaired) electrons. The first-order valence-electron chi connectivity index (χ1n) is 10.1. The van der Waals surface area contributed by atoms with Crippen LogP contribution in [0.15, 0.2) is 48.8 Å². The Morgan fingerprint density at radius 2 is 2.11 bits per heavy atom. The van der Waals surface area contributed by atoms with Gasteiger partial charge < -0.3 is 15.7 Å². The van der Waals surface area contributed by atoms with Gasteiger partial charge in [0, 0.05) is 37.2 Å². The molecule has 2 heterocycles. The standard InChI is InChI=1S/C22H30N4O2/c27-17-19-8-6-14-26(19)13-4-3-12-24-22(28)20-9-1-2-10-21(20)25-16-18-7-5-11-23-15-18/h1-2,5,7,9-11,15,19,25,27H,3-4,6,8,12-14,16-17H2,(H,24,28)/t19-/m1/s1. The molecule has 1 amide bonds. The molecule has 1 saturated heterocycles. The Kier molecular flexibility index (Phi) is 7.82. The third kappa shape index (κ3) is 5.78. The van der Waals surface area contributed by atoms with E-state index in [4.69, 9.17) is 0 Å². The number of rotatable bonds is 10. The first-order chi connectivity index (χ1) is 13.8. The van der Waals surface area contributed by atoms with E-state index < -0.39 is 0 Å². The van der Waals surface area contributed by atoms with Gasteiger partial charge in [0.15, 0.2) is 0 Å². The highest BCUT2D eigenvalue weighted by atomic mass is 16.3. The number of unbranched alkanes of at least 4 members (excludes halogenated alkanes) is 1. The molecular formula is C22H30N4O2. The number of aromatic nitrogens is 1. The van der Waals surface area contributed by atoms with Crippen molar-refractivity contribution < 1.29 is 9.90 Å². The number of carbonyl (C=O) groups is 1. The number of amides is 1. The van der Waals surface area contributed by atoms with Gasteiger partial charge in [0.1, 0.15) is 0 Å². The number of hydrogen-bond acceptors (Lipinski definition) is 5. The summed E-state index contributed by atoms with van der Waals surface area (Å²) in [6.45, 7) is 3.60. The van der Waals surface area contributed by atoms with Gasteiger partial charge in [-0.25, -0.2) is 0 Å². The van der Waals surface area contributed by atoms with E-state index in [1.165, 1.54) is 6.42 Å². The molecule has 3 N–H and O–H groups in total. The molecule has 0 aliphatic carbocycles. The molecule has 1 aliphatic heterocycles. The number of para-hydroxylation sites is 1. The Balaban J connectivity index is 1.42. The van der Waals surface area contributed by atoms with Crippen molar-refractivity contribution >= 4 is 11.6 Å². The molecule has 1 aromatic carbocycles. The highest BCUT2D eigenvalue weighted by Crippen LogP contribution is 2.18. The number of benzene rings is 1. The molecule has 1 aromatic heterocycles. The van der Waals surface area contributed by atoms with Crippen LogP contribution < -0.4 is 10.6 Å². The van der Waals surface area contributed by atoms with Crippen molar-refractivity contribution in [2.75, 3.05) is 31.6 Å². The van der Waals surface area contributed by atoms with Gasteiger partial charge in [0.05, 0.1) is 12.2 Å². The maximum Gasteiger partial charge on any atom is 0.253 e. The van der Waals surface area contributed by atoms with Crippen LogP contribution in [0, 0.1) is 0 Å². The largest absolute Gasteiger partial charge is 0.395 e. The Morgan fingerprint density at radius 3 is 2.93 bits per heavy atom. The molecule has 6 nitrogen and oxygen atoms in total. The number of likely N-dealkylation sites (tertiary alicyclic amines) is 1. The molecule has 0 saturated carbocycles. The summed E-state index contributed by atoms with van der Waals surface area (Å²) in [7, 11) is 0. The fraction of sp³-hybridized carbons (Fsp3) is 0.455. The Labute approximate surface area is 167 Å². The van der Waals surface area contributed by atoms with Crippen LogP contribution >= 0.6 is 0 Å². The second kappa shape index (κ2) is 10.8. The van der Waals surface area contributed by atoms with Crippen LogP contribution in [0.1, 0.15) is 41.6 Å². The molecule has 3 rings (SSSR count). The highest BCUT2D eigenvalue weighted by Gasteiger charge is 2.22. The minimum atomic E-state index is -0.0521. The summed E-state index contributed by atoms with van der Waals surface area (Å²) in [5.74, 6) is -0.0521. The molecule has 28 heavy (non-hydrogen) atoms. The van der Waals surface area contributed by atoms with E-state index in [-0.39, 0.29) is 12.5 Å². The SMILES string of the molecule is O=C(NCCCCN1CCC[C@@H]1CO)c1ccccc1NCc1cccnc1. The normalized spacial score (nSPS) is 16.8. The van der Waals surface area contributed by atoms with E-state index in [2.05, 4.69) is 20.5 Å². The van der Waals surface area contributed by atoms with E-state index in [0.717, 1.165) is 43.6 Å². The zero-order chi connectivity index (χ0) is 19.6. The van der Waals surface area contributed by atoms with Gasteiger partial charge in [-0.15, -0.1) is 0 Å². The van der Waals surface area contributed by atoms with Gasteiger partial charge in [-0.1, -0.05) is 18.2 Å². The van der Waals surface area contributed by atoms with Crippen LogP contribution in [-0.2, 0) is 6.54 Å². The molecule has 6 heteroatoms. The molecule has 1 fully saturated rings. The van der Waals surface area contributed by atoms with E-state index in [0.29, 0.717) is 24.7 Å². The summed E-state index contributed by atoms with van der Waals surface area (Å²) < 4.78 is 0. The number of carbonyl (C=O) groups excluding carboxylic acids is 1. The van der Waals surface area contributed by atoms with Gasteiger partial charge in [-0.05, 0) is 62.5 Å². The number of anilines is 1. The first-order valence-corrected chi connectivity index (χ1v) is 10.1. The summed E-state index contributed by atoms with van der Waals surface area (Å²) in [6, 6.07) is 11.8. The quantitative estimate of drug-likeness (QED) is 0.551. The van der Waals surface area contributed by atoms with Gasteiger partial charge in [0.25, 0.3) is 5.91 Å². The number of aliphatic hydroxyl groups excluding tert-OH is 1. The lowest BCUT2D eigenvalue weighted by Gasteiger charge is -2.22. The first kappa shape index (κ1) is 20.3. The lowest BCUT2D eigenvalue weighted by Crippen LogP contribution is -2.33. The summed E-state index contributed by atoms with van der Waals surface area (Å²) >= 11 is 0. The lowest BCUT2D eigenvalue weighted by molar-refractivity contribution is 0.0953. The predicted molar refractivity (Wildman–Crippen MR) is 111 cm³/mol. The number of hydrogen-bond donors (Lipinski definition) is 3. The monoisotopic (exact) mass is 382 g/mol. The van der Waals surface area contributed by atoms with E-state index in [1.54, 1.807) is 6.20 Å². The molecule has 1 atom stereocenters. The summed E-state index contributed by atoms with van der Waals surface area (Å²) in [5.41, 5.74) is 2.55. The van der Waals surface area contributed by atoms with Crippen LogP contribution in [0.2, 0.25) is 0 Å². The lowest BCUT2D eigenvalue weighted by atomic mass is 10.1. The van der Waals surface area contributed by atoms with Crippen molar-refractivity contribution in [2.45, 2.75) is 38.3 Å². The number of nitrogens with one attached hydrogen (secondary N) is 2. The number of aliphatic hydroxyl groups is 1. The number of pyridine rings is 1. The van der Waals surface area contributed by atoms with Gasteiger partial charge in [-0.2, -0.15) is 0 Å². The van der Waals surface area contributed by atoms with Crippen LogP contribution in [0.25, 0.3) is 0 Å². The zero-order valence-electron chi connectivity index (χ0n) is 16.3. The van der Waals surface area contributed by atoms with Gasteiger partial charge >= 0.3 is 0 Å². The summed E-state index contributed by atoms with van der Waals surface area (Å²) in [5, 5.41) is 15.7. The molecule has 150 valence electrons. The van der Waals surface area contributed by atoms with E-state index >= 15 is 0 Å². The van der Waals surface area contributed by atoms with Crippen LogP contribution in [0.3, 0.4) is 0 Å². The maximum atomic E-state index is 12.6. The fourth-order valence-electron chi connectivity index (χ4n) is 3.67. The van der Waals surface area contributed by atoms with Crippen LogP contribution in [0.5, 0.6) is 0 Å². The van der Waals surface area contributed by atoms with Crippen LogP contribution in [-0.4, -0.2) is 53.2 Å². The Hall–Kier alpha value is -2.44. The van der Waals surface area contributed by atoms with Gasteiger partial charge in [0.2, 0.25) is 0 Å². The van der Waals surface area contributed by atoms with Crippen molar-refractivity contribution in [1.29, 1.82) is 0 Å². The van der Waals surface area contributed by atoms with Gasteiger partial charge in [-0.3, -0.25) is 14.7 Å². The van der Waals surface area contributed by atoms with Crippen molar-refractivity contribution in [3.8, 4) is 0 Å². The third-order valence-electron chi connectivity index (χ3n) is 5.24. The van der Waals surface area contributed by atoms with Crippen molar-refractivity contribution in [2.24, 2.45) is 0 Å². The second-order valence-corrected chi connectivity index (χ2v) is 7.24. The van der Waals surface area contributed by atoms with Crippen molar-refractivity contribution in [1.82, 2.24) is 15.2 Å². The average Bonchev–Trinajstić information content (AvgIpc) is 3.20. The third-order valence-corrected chi connectivity index (χ3v) is 5.24. The summed E-state index contributed by atoms with van der Waals surface area (Å²) in [6.07, 6.45) is 7.79.